The topological polar surface area (TPSA) is 66.5 Å². The van der Waals surface area contributed by atoms with Crippen molar-refractivity contribution < 1.29 is 14.4 Å². The summed E-state index contributed by atoms with van der Waals surface area (Å²) in [5.41, 5.74) is 0.921. The van der Waals surface area contributed by atoms with E-state index in [1.807, 2.05) is 30.3 Å². The summed E-state index contributed by atoms with van der Waals surface area (Å²) in [5.74, 6) is -1.01. The van der Waals surface area contributed by atoms with Gasteiger partial charge in [-0.25, -0.2) is 0 Å². The van der Waals surface area contributed by atoms with Crippen LogP contribution in [-0.4, -0.2) is 29.2 Å². The van der Waals surface area contributed by atoms with Crippen LogP contribution in [0.1, 0.15) is 18.9 Å². The third-order valence-electron chi connectivity index (χ3n) is 3.12. The molecule has 1 saturated heterocycles. The maximum absolute atomic E-state index is 12.1. The van der Waals surface area contributed by atoms with Gasteiger partial charge in [0.2, 0.25) is 17.7 Å². The van der Waals surface area contributed by atoms with Gasteiger partial charge in [0.05, 0.1) is 12.5 Å². The number of nitrogens with one attached hydrogen (secondary N) is 1. The van der Waals surface area contributed by atoms with E-state index in [1.54, 1.807) is 0 Å². The lowest BCUT2D eigenvalue weighted by Crippen LogP contribution is -2.34. The summed E-state index contributed by atoms with van der Waals surface area (Å²) in [5, 5.41) is 2.58. The van der Waals surface area contributed by atoms with E-state index >= 15 is 0 Å². The second kappa shape index (κ2) is 5.65. The number of hydrogen-bond donors (Lipinski definition) is 1. The van der Waals surface area contributed by atoms with Crippen LogP contribution in [-0.2, 0) is 20.9 Å². The summed E-state index contributed by atoms with van der Waals surface area (Å²) in [6, 6.07) is 9.38. The molecule has 1 aromatic carbocycles. The predicted molar refractivity (Wildman–Crippen MR) is 68.8 cm³/mol. The minimum Gasteiger partial charge on any atom is -0.356 e. The third-order valence-corrected chi connectivity index (χ3v) is 3.12. The lowest BCUT2D eigenvalue weighted by atomic mass is 10.1. The summed E-state index contributed by atoms with van der Waals surface area (Å²) in [6.45, 7) is 1.92. The Kier molecular flexibility index (Phi) is 3.94. The Labute approximate surface area is 111 Å². The molecule has 1 N–H and O–H groups in total. The zero-order chi connectivity index (χ0) is 13.8. The van der Waals surface area contributed by atoms with E-state index in [0.717, 1.165) is 5.56 Å². The Morgan fingerprint density at radius 1 is 1.32 bits per heavy atom. The van der Waals surface area contributed by atoms with Crippen LogP contribution in [0, 0.1) is 5.92 Å². The molecular weight excluding hydrogens is 244 g/mol. The molecule has 100 valence electrons. The summed E-state index contributed by atoms with van der Waals surface area (Å²) in [4.78, 5) is 36.0. The monoisotopic (exact) mass is 260 g/mol. The zero-order valence-electron chi connectivity index (χ0n) is 10.8. The molecule has 1 atom stereocenters. The van der Waals surface area contributed by atoms with Crippen LogP contribution in [0.4, 0.5) is 0 Å². The lowest BCUT2D eigenvalue weighted by molar-refractivity contribution is -0.140. The lowest BCUT2D eigenvalue weighted by Gasteiger charge is -2.15. The predicted octanol–water partition coefficient (Wildman–Crippen LogP) is 0.698. The smallest absolute Gasteiger partial charge is 0.234 e. The van der Waals surface area contributed by atoms with Gasteiger partial charge in [0.25, 0.3) is 0 Å². The van der Waals surface area contributed by atoms with Gasteiger partial charge in [-0.3, -0.25) is 19.3 Å². The minimum absolute atomic E-state index is 0.173. The number of carbonyl (C=O) groups excluding carboxylic acids is 3. The number of rotatable bonds is 4. The second-order valence-corrected chi connectivity index (χ2v) is 4.64. The Balaban J connectivity index is 2.00. The highest BCUT2D eigenvalue weighted by Crippen LogP contribution is 2.21. The number of carbonyl (C=O) groups is 3. The second-order valence-electron chi connectivity index (χ2n) is 4.64. The van der Waals surface area contributed by atoms with Gasteiger partial charge in [-0.1, -0.05) is 30.3 Å². The average Bonchev–Trinajstić information content (AvgIpc) is 2.65. The van der Waals surface area contributed by atoms with E-state index in [-0.39, 0.29) is 30.7 Å². The number of benzene rings is 1. The van der Waals surface area contributed by atoms with Crippen LogP contribution in [0.2, 0.25) is 0 Å². The van der Waals surface area contributed by atoms with Crippen LogP contribution >= 0.6 is 0 Å². The molecule has 5 nitrogen and oxygen atoms in total. The Bertz CT molecular complexity index is 499. The van der Waals surface area contributed by atoms with Crippen LogP contribution < -0.4 is 5.32 Å². The summed E-state index contributed by atoms with van der Waals surface area (Å²) < 4.78 is 0. The Morgan fingerprint density at radius 3 is 2.63 bits per heavy atom. The van der Waals surface area contributed by atoms with Gasteiger partial charge in [-0.2, -0.15) is 0 Å². The molecule has 0 aromatic heterocycles. The standard InChI is InChI=1S/C14H16N2O3/c1-10(17)15-8-12-7-13(18)16(14(12)19)9-11-5-3-2-4-6-11/h2-6,12H,7-9H2,1H3,(H,15,17). The van der Waals surface area contributed by atoms with Crippen LogP contribution in [0.25, 0.3) is 0 Å². The fraction of sp³-hybridized carbons (Fsp3) is 0.357. The van der Waals surface area contributed by atoms with E-state index in [2.05, 4.69) is 5.32 Å². The van der Waals surface area contributed by atoms with Crippen molar-refractivity contribution in [2.24, 2.45) is 5.92 Å². The van der Waals surface area contributed by atoms with E-state index in [1.165, 1.54) is 11.8 Å². The van der Waals surface area contributed by atoms with Gasteiger partial charge in [0, 0.05) is 19.9 Å². The molecule has 0 saturated carbocycles. The fourth-order valence-corrected chi connectivity index (χ4v) is 2.11. The van der Waals surface area contributed by atoms with Crippen LogP contribution in [0.3, 0.4) is 0 Å². The molecule has 1 aliphatic rings. The van der Waals surface area contributed by atoms with Crippen molar-refractivity contribution in [2.45, 2.75) is 19.9 Å². The summed E-state index contributed by atoms with van der Waals surface area (Å²) in [6.07, 6.45) is 0.173. The third kappa shape index (κ3) is 3.19. The van der Waals surface area contributed by atoms with Gasteiger partial charge in [-0.15, -0.1) is 0 Å². The molecular formula is C14H16N2O3. The van der Waals surface area contributed by atoms with Gasteiger partial charge in [-0.05, 0) is 5.56 Å². The van der Waals surface area contributed by atoms with E-state index < -0.39 is 5.92 Å². The van der Waals surface area contributed by atoms with Crippen LogP contribution in [0.5, 0.6) is 0 Å². The first kappa shape index (κ1) is 13.3. The molecule has 19 heavy (non-hydrogen) atoms. The Hall–Kier alpha value is -2.17. The van der Waals surface area contributed by atoms with Gasteiger partial charge >= 0.3 is 0 Å². The van der Waals surface area contributed by atoms with E-state index in [9.17, 15) is 14.4 Å². The van der Waals surface area contributed by atoms with Crippen molar-refractivity contribution in [1.82, 2.24) is 10.2 Å². The van der Waals surface area contributed by atoms with Crippen molar-refractivity contribution in [2.75, 3.05) is 6.54 Å². The van der Waals surface area contributed by atoms with Gasteiger partial charge in [0.15, 0.2) is 0 Å². The molecule has 1 fully saturated rings. The molecule has 0 aliphatic carbocycles. The highest BCUT2D eigenvalue weighted by molar-refractivity contribution is 6.03. The zero-order valence-corrected chi connectivity index (χ0v) is 10.8. The fourth-order valence-electron chi connectivity index (χ4n) is 2.11. The maximum atomic E-state index is 12.1. The molecule has 1 heterocycles. The average molecular weight is 260 g/mol. The van der Waals surface area contributed by atoms with Gasteiger partial charge < -0.3 is 5.32 Å². The van der Waals surface area contributed by atoms with Crippen molar-refractivity contribution in [1.29, 1.82) is 0 Å². The molecule has 3 amide bonds. The normalized spacial score (nSPS) is 18.8. The minimum atomic E-state index is -0.430. The quantitative estimate of drug-likeness (QED) is 0.810. The van der Waals surface area contributed by atoms with Crippen molar-refractivity contribution in [3.63, 3.8) is 0 Å². The summed E-state index contributed by atoms with van der Waals surface area (Å²) in [7, 11) is 0. The SMILES string of the molecule is CC(=O)NCC1CC(=O)N(Cc2ccccc2)C1=O. The molecule has 0 radical (unpaired) electrons. The largest absolute Gasteiger partial charge is 0.356 e. The molecule has 1 unspecified atom stereocenters. The first-order chi connectivity index (χ1) is 9.08. The number of amides is 3. The maximum Gasteiger partial charge on any atom is 0.234 e. The first-order valence-electron chi connectivity index (χ1n) is 6.20. The molecule has 1 aromatic rings. The highest BCUT2D eigenvalue weighted by atomic mass is 16.2. The molecule has 1 aliphatic heterocycles. The van der Waals surface area contributed by atoms with E-state index in [4.69, 9.17) is 0 Å². The number of nitrogens with zero attached hydrogens (tertiary/aromatic N) is 1. The highest BCUT2D eigenvalue weighted by Gasteiger charge is 2.38. The van der Waals surface area contributed by atoms with E-state index in [0.29, 0.717) is 6.54 Å². The Morgan fingerprint density at radius 2 is 2.00 bits per heavy atom. The van der Waals surface area contributed by atoms with Crippen molar-refractivity contribution in [3.8, 4) is 0 Å². The number of hydrogen-bond acceptors (Lipinski definition) is 3. The first-order valence-corrected chi connectivity index (χ1v) is 6.20. The molecule has 2 rings (SSSR count). The molecule has 0 spiro atoms. The molecule has 5 heteroatoms. The van der Waals surface area contributed by atoms with Gasteiger partial charge in [0.1, 0.15) is 0 Å². The van der Waals surface area contributed by atoms with Crippen LogP contribution in [0.15, 0.2) is 30.3 Å². The molecule has 0 bridgehead atoms. The number of imide groups is 1. The number of likely N-dealkylation sites (tertiary alicyclic amines) is 1. The summed E-state index contributed by atoms with van der Waals surface area (Å²) >= 11 is 0. The van der Waals surface area contributed by atoms with Crippen molar-refractivity contribution in [3.05, 3.63) is 35.9 Å². The van der Waals surface area contributed by atoms with Crippen molar-refractivity contribution >= 4 is 17.7 Å².